The molecule has 0 radical (unpaired) electrons. The van der Waals surface area contributed by atoms with Gasteiger partial charge in [0.15, 0.2) is 0 Å². The lowest BCUT2D eigenvalue weighted by atomic mass is 10.1. The summed E-state index contributed by atoms with van der Waals surface area (Å²) in [6.45, 7) is 9.05. The van der Waals surface area contributed by atoms with Gasteiger partial charge in [-0.15, -0.1) is 0 Å². The molecule has 4 heteroatoms. The Hall–Kier alpha value is -2.88. The van der Waals surface area contributed by atoms with Crippen LogP contribution in [0.5, 0.6) is 0 Å². The minimum absolute atomic E-state index is 0.607. The maximum atomic E-state index is 4.59. The smallest absolute Gasteiger partial charge is 0.229 e. The Morgan fingerprint density at radius 1 is 0.800 bits per heavy atom. The van der Waals surface area contributed by atoms with Crippen molar-refractivity contribution in [1.82, 2.24) is 9.97 Å². The molecular formula is C21H24N4. The van der Waals surface area contributed by atoms with Gasteiger partial charge < -0.3 is 10.6 Å². The van der Waals surface area contributed by atoms with Crippen LogP contribution in [0.15, 0.2) is 48.5 Å². The van der Waals surface area contributed by atoms with Crippen LogP contribution in [0.4, 0.5) is 17.5 Å². The first-order valence-corrected chi connectivity index (χ1v) is 8.49. The van der Waals surface area contributed by atoms with Crippen LogP contribution in [-0.2, 0) is 6.54 Å². The maximum Gasteiger partial charge on any atom is 0.229 e. The molecule has 0 aliphatic carbocycles. The fourth-order valence-corrected chi connectivity index (χ4v) is 2.66. The number of aryl methyl sites for hydroxylation is 4. The number of rotatable bonds is 5. The van der Waals surface area contributed by atoms with E-state index < -0.39 is 0 Å². The monoisotopic (exact) mass is 332 g/mol. The highest BCUT2D eigenvalue weighted by molar-refractivity contribution is 5.57. The molecule has 2 aromatic carbocycles. The lowest BCUT2D eigenvalue weighted by Crippen LogP contribution is -2.06. The van der Waals surface area contributed by atoms with E-state index >= 15 is 0 Å². The fourth-order valence-electron chi connectivity index (χ4n) is 2.66. The Bertz CT molecular complexity index is 887. The summed E-state index contributed by atoms with van der Waals surface area (Å²) in [6.07, 6.45) is 0. The van der Waals surface area contributed by atoms with Crippen LogP contribution in [0.25, 0.3) is 0 Å². The second-order valence-corrected chi connectivity index (χ2v) is 6.42. The number of aromatic nitrogens is 2. The third-order valence-corrected chi connectivity index (χ3v) is 4.34. The SMILES string of the molecule is Cc1cc(NCc2ccccc2C)nc(Nc2ccc(C)c(C)c2)n1. The largest absolute Gasteiger partial charge is 0.366 e. The van der Waals surface area contributed by atoms with Gasteiger partial charge in [-0.2, -0.15) is 4.98 Å². The predicted octanol–water partition coefficient (Wildman–Crippen LogP) is 5.07. The van der Waals surface area contributed by atoms with Crippen LogP contribution in [-0.4, -0.2) is 9.97 Å². The van der Waals surface area contributed by atoms with Crippen LogP contribution >= 0.6 is 0 Å². The van der Waals surface area contributed by atoms with E-state index in [4.69, 9.17) is 0 Å². The molecule has 4 nitrogen and oxygen atoms in total. The Morgan fingerprint density at radius 3 is 2.36 bits per heavy atom. The average molecular weight is 332 g/mol. The van der Waals surface area contributed by atoms with Crippen molar-refractivity contribution in [3.8, 4) is 0 Å². The second kappa shape index (κ2) is 7.34. The molecule has 0 fully saturated rings. The van der Waals surface area contributed by atoms with Crippen LogP contribution in [0.2, 0.25) is 0 Å². The molecule has 0 aliphatic rings. The molecule has 25 heavy (non-hydrogen) atoms. The van der Waals surface area contributed by atoms with E-state index in [1.165, 1.54) is 22.3 Å². The second-order valence-electron chi connectivity index (χ2n) is 6.42. The van der Waals surface area contributed by atoms with Gasteiger partial charge in [0.2, 0.25) is 5.95 Å². The van der Waals surface area contributed by atoms with Crippen molar-refractivity contribution in [3.05, 3.63) is 76.5 Å². The summed E-state index contributed by atoms with van der Waals surface area (Å²) in [5.74, 6) is 1.43. The van der Waals surface area contributed by atoms with Crippen LogP contribution in [0.1, 0.15) is 27.9 Å². The normalized spacial score (nSPS) is 10.6. The number of anilines is 3. The van der Waals surface area contributed by atoms with Crippen molar-refractivity contribution in [1.29, 1.82) is 0 Å². The van der Waals surface area contributed by atoms with Gasteiger partial charge in [-0.3, -0.25) is 0 Å². The number of hydrogen-bond acceptors (Lipinski definition) is 4. The van der Waals surface area contributed by atoms with E-state index in [2.05, 4.69) is 83.8 Å². The van der Waals surface area contributed by atoms with E-state index in [0.717, 1.165) is 23.7 Å². The van der Waals surface area contributed by atoms with Gasteiger partial charge in [-0.1, -0.05) is 30.3 Å². The molecule has 3 aromatic rings. The quantitative estimate of drug-likeness (QED) is 0.685. The summed E-state index contributed by atoms with van der Waals surface area (Å²) in [5, 5.41) is 6.70. The van der Waals surface area contributed by atoms with Gasteiger partial charge in [-0.05, 0) is 62.1 Å². The van der Waals surface area contributed by atoms with Crippen LogP contribution < -0.4 is 10.6 Å². The van der Waals surface area contributed by atoms with E-state index in [1.807, 2.05) is 13.0 Å². The molecular weight excluding hydrogens is 308 g/mol. The number of hydrogen-bond donors (Lipinski definition) is 2. The summed E-state index contributed by atoms with van der Waals surface area (Å²) in [4.78, 5) is 9.08. The van der Waals surface area contributed by atoms with Gasteiger partial charge in [0.1, 0.15) is 5.82 Å². The number of nitrogens with zero attached hydrogens (tertiary/aromatic N) is 2. The zero-order valence-corrected chi connectivity index (χ0v) is 15.2. The highest BCUT2D eigenvalue weighted by Gasteiger charge is 2.05. The molecule has 0 bridgehead atoms. The summed E-state index contributed by atoms with van der Waals surface area (Å²) in [7, 11) is 0. The average Bonchev–Trinajstić information content (AvgIpc) is 2.57. The Kier molecular flexibility index (Phi) is 4.98. The Balaban J connectivity index is 1.76. The molecule has 0 aliphatic heterocycles. The summed E-state index contributed by atoms with van der Waals surface area (Å²) < 4.78 is 0. The topological polar surface area (TPSA) is 49.8 Å². The summed E-state index contributed by atoms with van der Waals surface area (Å²) in [5.41, 5.74) is 6.98. The van der Waals surface area contributed by atoms with Gasteiger partial charge in [0, 0.05) is 24.0 Å². The van der Waals surface area contributed by atoms with Gasteiger partial charge >= 0.3 is 0 Å². The van der Waals surface area contributed by atoms with Crippen molar-refractivity contribution in [2.45, 2.75) is 34.2 Å². The fraction of sp³-hybridized carbons (Fsp3) is 0.238. The summed E-state index contributed by atoms with van der Waals surface area (Å²) >= 11 is 0. The zero-order valence-electron chi connectivity index (χ0n) is 15.2. The highest BCUT2D eigenvalue weighted by atomic mass is 15.1. The molecule has 1 heterocycles. The molecule has 0 atom stereocenters. The minimum atomic E-state index is 0.607. The van der Waals surface area contributed by atoms with E-state index in [-0.39, 0.29) is 0 Å². The molecule has 0 unspecified atom stereocenters. The van der Waals surface area contributed by atoms with Crippen molar-refractivity contribution >= 4 is 17.5 Å². The standard InChI is InChI=1S/C21H24N4/c1-14-9-10-19(11-16(14)3)24-21-23-17(4)12-20(25-21)22-13-18-8-6-5-7-15(18)2/h5-12H,13H2,1-4H3,(H2,22,23,24,25). The molecule has 0 spiro atoms. The molecule has 1 aromatic heterocycles. The van der Waals surface area contributed by atoms with Crippen molar-refractivity contribution < 1.29 is 0 Å². The highest BCUT2D eigenvalue weighted by Crippen LogP contribution is 2.19. The molecule has 128 valence electrons. The molecule has 2 N–H and O–H groups in total. The van der Waals surface area contributed by atoms with Crippen molar-refractivity contribution in [3.63, 3.8) is 0 Å². The third-order valence-electron chi connectivity index (χ3n) is 4.34. The lowest BCUT2D eigenvalue weighted by Gasteiger charge is -2.12. The molecule has 0 amide bonds. The van der Waals surface area contributed by atoms with Crippen molar-refractivity contribution in [2.24, 2.45) is 0 Å². The summed E-state index contributed by atoms with van der Waals surface area (Å²) in [6, 6.07) is 16.6. The van der Waals surface area contributed by atoms with E-state index in [0.29, 0.717) is 5.95 Å². The number of nitrogens with one attached hydrogen (secondary N) is 2. The predicted molar refractivity (Wildman–Crippen MR) is 104 cm³/mol. The molecule has 0 saturated heterocycles. The molecule has 3 rings (SSSR count). The number of benzene rings is 2. The van der Waals surface area contributed by atoms with E-state index in [9.17, 15) is 0 Å². The Labute approximate surface area is 149 Å². The maximum absolute atomic E-state index is 4.59. The van der Waals surface area contributed by atoms with Crippen LogP contribution in [0, 0.1) is 27.7 Å². The molecule has 0 saturated carbocycles. The van der Waals surface area contributed by atoms with Crippen molar-refractivity contribution in [2.75, 3.05) is 10.6 Å². The first-order chi connectivity index (χ1) is 12.0. The third kappa shape index (κ3) is 4.35. The van der Waals surface area contributed by atoms with Crippen LogP contribution in [0.3, 0.4) is 0 Å². The van der Waals surface area contributed by atoms with Gasteiger partial charge in [0.25, 0.3) is 0 Å². The lowest BCUT2D eigenvalue weighted by molar-refractivity contribution is 1.05. The zero-order chi connectivity index (χ0) is 17.8. The van der Waals surface area contributed by atoms with E-state index in [1.54, 1.807) is 0 Å². The van der Waals surface area contributed by atoms with Gasteiger partial charge in [0.05, 0.1) is 0 Å². The Morgan fingerprint density at radius 2 is 1.60 bits per heavy atom. The first kappa shape index (κ1) is 17.0. The van der Waals surface area contributed by atoms with Gasteiger partial charge in [-0.25, -0.2) is 4.98 Å². The minimum Gasteiger partial charge on any atom is -0.366 e. The first-order valence-electron chi connectivity index (χ1n) is 8.49.